The van der Waals surface area contributed by atoms with E-state index in [1.807, 2.05) is 40.7 Å². The molecule has 0 spiro atoms. The highest BCUT2D eigenvalue weighted by Crippen LogP contribution is 2.29. The summed E-state index contributed by atoms with van der Waals surface area (Å²) in [5.74, 6) is 0.912. The first kappa shape index (κ1) is 15.9. The van der Waals surface area contributed by atoms with Crippen LogP contribution in [0.4, 0.5) is 0 Å². The predicted octanol–water partition coefficient (Wildman–Crippen LogP) is 2.38. The molecule has 2 aromatic rings. The summed E-state index contributed by atoms with van der Waals surface area (Å²) in [7, 11) is 1.63. The van der Waals surface area contributed by atoms with Crippen LogP contribution in [0.5, 0.6) is 5.75 Å². The third-order valence-corrected chi connectivity index (χ3v) is 4.95. The Morgan fingerprint density at radius 2 is 2.04 bits per heavy atom. The number of ether oxygens (including phenoxy) is 1. The molecule has 23 heavy (non-hydrogen) atoms. The van der Waals surface area contributed by atoms with Gasteiger partial charge in [-0.25, -0.2) is 0 Å². The molecule has 1 atom stereocenters. The van der Waals surface area contributed by atoms with Crippen molar-refractivity contribution in [3.05, 3.63) is 30.6 Å². The molecule has 1 unspecified atom stereocenters. The molecular weight excluding hydrogens is 312 g/mol. The van der Waals surface area contributed by atoms with Crippen LogP contribution in [0.1, 0.15) is 19.8 Å². The number of hydrogen-bond acceptors (Lipinski definition) is 5. The van der Waals surface area contributed by atoms with Gasteiger partial charge in [-0.1, -0.05) is 23.9 Å². The van der Waals surface area contributed by atoms with Crippen LogP contribution < -0.4 is 4.74 Å². The molecule has 1 fully saturated rings. The summed E-state index contributed by atoms with van der Waals surface area (Å²) in [6.07, 6.45) is 3.84. The molecule has 1 saturated heterocycles. The van der Waals surface area contributed by atoms with Crippen molar-refractivity contribution in [2.24, 2.45) is 0 Å². The van der Waals surface area contributed by atoms with Crippen LogP contribution in [0.3, 0.4) is 0 Å². The van der Waals surface area contributed by atoms with E-state index in [0.29, 0.717) is 5.16 Å². The van der Waals surface area contributed by atoms with E-state index in [-0.39, 0.29) is 11.2 Å². The van der Waals surface area contributed by atoms with Gasteiger partial charge >= 0.3 is 0 Å². The van der Waals surface area contributed by atoms with Gasteiger partial charge in [0.05, 0.1) is 18.0 Å². The molecule has 0 radical (unpaired) electrons. The number of aromatic nitrogens is 3. The summed E-state index contributed by atoms with van der Waals surface area (Å²) in [5, 5.41) is 8.66. The molecular formula is C16H20N4O2S. The van der Waals surface area contributed by atoms with Gasteiger partial charge in [0.15, 0.2) is 5.16 Å². The van der Waals surface area contributed by atoms with Gasteiger partial charge in [-0.3, -0.25) is 9.36 Å². The third-order valence-electron chi connectivity index (χ3n) is 3.91. The van der Waals surface area contributed by atoms with E-state index < -0.39 is 0 Å². The molecule has 2 heterocycles. The highest BCUT2D eigenvalue weighted by molar-refractivity contribution is 8.00. The maximum absolute atomic E-state index is 12.5. The average molecular weight is 332 g/mol. The minimum Gasteiger partial charge on any atom is -0.495 e. The van der Waals surface area contributed by atoms with Crippen LogP contribution in [0.2, 0.25) is 0 Å². The van der Waals surface area contributed by atoms with Crippen molar-refractivity contribution >= 4 is 17.7 Å². The lowest BCUT2D eigenvalue weighted by atomic mass is 10.3. The smallest absolute Gasteiger partial charge is 0.235 e. The van der Waals surface area contributed by atoms with Crippen molar-refractivity contribution < 1.29 is 9.53 Å². The topological polar surface area (TPSA) is 60.2 Å². The Balaban J connectivity index is 1.79. The second-order valence-electron chi connectivity index (χ2n) is 5.45. The summed E-state index contributed by atoms with van der Waals surface area (Å²) in [4.78, 5) is 14.4. The highest BCUT2D eigenvalue weighted by Gasteiger charge is 2.25. The number of likely N-dealkylation sites (tertiary alicyclic amines) is 1. The van der Waals surface area contributed by atoms with Crippen molar-refractivity contribution in [1.82, 2.24) is 19.7 Å². The van der Waals surface area contributed by atoms with Crippen LogP contribution in [-0.4, -0.2) is 51.0 Å². The fourth-order valence-electron chi connectivity index (χ4n) is 2.70. The summed E-state index contributed by atoms with van der Waals surface area (Å²) >= 11 is 1.43. The lowest BCUT2D eigenvalue weighted by Crippen LogP contribution is -2.34. The van der Waals surface area contributed by atoms with Crippen molar-refractivity contribution in [1.29, 1.82) is 0 Å². The first-order valence-corrected chi connectivity index (χ1v) is 8.57. The molecule has 0 aliphatic carbocycles. The van der Waals surface area contributed by atoms with E-state index in [9.17, 15) is 4.79 Å². The molecule has 0 N–H and O–H groups in total. The van der Waals surface area contributed by atoms with Crippen LogP contribution >= 0.6 is 11.8 Å². The van der Waals surface area contributed by atoms with Crippen LogP contribution in [0.15, 0.2) is 35.7 Å². The lowest BCUT2D eigenvalue weighted by Gasteiger charge is -2.19. The zero-order chi connectivity index (χ0) is 16.2. The molecule has 1 aromatic carbocycles. The molecule has 122 valence electrons. The molecule has 0 saturated carbocycles. The van der Waals surface area contributed by atoms with Gasteiger partial charge in [0.25, 0.3) is 0 Å². The van der Waals surface area contributed by atoms with Gasteiger partial charge in [0, 0.05) is 13.1 Å². The van der Waals surface area contributed by atoms with Gasteiger partial charge in [0.2, 0.25) is 5.91 Å². The van der Waals surface area contributed by atoms with Crippen LogP contribution in [0.25, 0.3) is 5.69 Å². The zero-order valence-corrected chi connectivity index (χ0v) is 14.1. The Hall–Kier alpha value is -2.02. The normalized spacial score (nSPS) is 15.7. The number of nitrogens with zero attached hydrogens (tertiary/aromatic N) is 4. The minimum atomic E-state index is -0.189. The molecule has 1 aliphatic heterocycles. The van der Waals surface area contributed by atoms with E-state index in [1.165, 1.54) is 11.8 Å². The van der Waals surface area contributed by atoms with Gasteiger partial charge in [0.1, 0.15) is 12.1 Å². The number of amides is 1. The first-order valence-electron chi connectivity index (χ1n) is 7.69. The van der Waals surface area contributed by atoms with Crippen molar-refractivity contribution in [3.8, 4) is 11.4 Å². The van der Waals surface area contributed by atoms with E-state index in [4.69, 9.17) is 4.74 Å². The Kier molecular flexibility index (Phi) is 4.85. The van der Waals surface area contributed by atoms with Crippen LogP contribution in [0, 0.1) is 0 Å². The average Bonchev–Trinajstić information content (AvgIpc) is 3.25. The van der Waals surface area contributed by atoms with E-state index in [0.717, 1.165) is 37.4 Å². The van der Waals surface area contributed by atoms with E-state index in [1.54, 1.807) is 13.4 Å². The van der Waals surface area contributed by atoms with E-state index >= 15 is 0 Å². The summed E-state index contributed by atoms with van der Waals surface area (Å²) in [6.45, 7) is 3.65. The van der Waals surface area contributed by atoms with Gasteiger partial charge in [-0.15, -0.1) is 10.2 Å². The fraction of sp³-hybridized carbons (Fsp3) is 0.438. The quantitative estimate of drug-likeness (QED) is 0.787. The Labute approximate surface area is 139 Å². The first-order chi connectivity index (χ1) is 11.2. The molecule has 3 rings (SSSR count). The van der Waals surface area contributed by atoms with Crippen molar-refractivity contribution in [2.45, 2.75) is 30.2 Å². The van der Waals surface area contributed by atoms with Gasteiger partial charge < -0.3 is 9.64 Å². The molecule has 1 amide bonds. The molecule has 7 heteroatoms. The maximum Gasteiger partial charge on any atom is 0.235 e. The van der Waals surface area contributed by atoms with Crippen LogP contribution in [-0.2, 0) is 4.79 Å². The standard InChI is InChI=1S/C16H20N4O2S/c1-12(15(21)19-9-5-6-10-19)23-16-18-17-11-20(16)13-7-3-4-8-14(13)22-2/h3-4,7-8,11-12H,5-6,9-10H2,1-2H3. The van der Waals surface area contributed by atoms with E-state index in [2.05, 4.69) is 10.2 Å². The fourth-order valence-corrected chi connectivity index (χ4v) is 3.62. The zero-order valence-electron chi connectivity index (χ0n) is 13.3. The predicted molar refractivity (Wildman–Crippen MR) is 89.0 cm³/mol. The number of benzene rings is 1. The second kappa shape index (κ2) is 7.04. The number of thioether (sulfide) groups is 1. The highest BCUT2D eigenvalue weighted by atomic mass is 32.2. The van der Waals surface area contributed by atoms with Crippen molar-refractivity contribution in [3.63, 3.8) is 0 Å². The summed E-state index contributed by atoms with van der Waals surface area (Å²) in [6, 6.07) is 7.69. The number of carbonyl (C=O) groups excluding carboxylic acids is 1. The summed E-state index contributed by atoms with van der Waals surface area (Å²) < 4.78 is 7.26. The minimum absolute atomic E-state index is 0.169. The Morgan fingerprint density at radius 3 is 2.78 bits per heavy atom. The summed E-state index contributed by atoms with van der Waals surface area (Å²) in [5.41, 5.74) is 0.864. The number of para-hydroxylation sites is 2. The largest absolute Gasteiger partial charge is 0.495 e. The molecule has 1 aliphatic rings. The lowest BCUT2D eigenvalue weighted by molar-refractivity contribution is -0.129. The number of methoxy groups -OCH3 is 1. The Morgan fingerprint density at radius 1 is 1.30 bits per heavy atom. The molecule has 0 bridgehead atoms. The van der Waals surface area contributed by atoms with Crippen molar-refractivity contribution in [2.75, 3.05) is 20.2 Å². The van der Waals surface area contributed by atoms with Gasteiger partial charge in [-0.2, -0.15) is 0 Å². The SMILES string of the molecule is COc1ccccc1-n1cnnc1SC(C)C(=O)N1CCCC1. The third kappa shape index (κ3) is 3.34. The van der Waals surface area contributed by atoms with Gasteiger partial charge in [-0.05, 0) is 31.9 Å². The number of rotatable bonds is 5. The Bertz CT molecular complexity index is 682. The molecule has 1 aromatic heterocycles. The monoisotopic (exact) mass is 332 g/mol. The maximum atomic E-state index is 12.5. The number of carbonyl (C=O) groups is 1. The second-order valence-corrected chi connectivity index (χ2v) is 6.76. The molecule has 6 nitrogen and oxygen atoms in total. The number of hydrogen-bond donors (Lipinski definition) is 0.